The predicted octanol–water partition coefficient (Wildman–Crippen LogP) is 4.11. The van der Waals surface area contributed by atoms with Crippen LogP contribution in [0.25, 0.3) is 0 Å². The molecule has 2 fully saturated rings. The maximum atomic E-state index is 12.9. The van der Waals surface area contributed by atoms with E-state index in [0.29, 0.717) is 42.3 Å². The molecule has 0 radical (unpaired) electrons. The lowest BCUT2D eigenvalue weighted by Gasteiger charge is -2.39. The van der Waals surface area contributed by atoms with Gasteiger partial charge in [0.2, 0.25) is 0 Å². The molecule has 0 aliphatic carbocycles. The van der Waals surface area contributed by atoms with Crippen molar-refractivity contribution < 1.29 is 9.90 Å². The molecule has 10 heteroatoms. The quantitative estimate of drug-likeness (QED) is 0.264. The fraction of sp³-hybridized carbons (Fsp3) is 0.367. The number of hydrogen-bond acceptors (Lipinski definition) is 6. The van der Waals surface area contributed by atoms with Gasteiger partial charge in [0.15, 0.2) is 11.8 Å². The van der Waals surface area contributed by atoms with Crippen molar-refractivity contribution in [2.75, 3.05) is 43.4 Å². The number of aromatic nitrogens is 1. The zero-order valence-electron chi connectivity index (χ0n) is 22.7. The molecule has 5 rings (SSSR count). The molecule has 2 aromatic carbocycles. The number of aliphatic imine (C=N–C) groups is 1. The van der Waals surface area contributed by atoms with Crippen molar-refractivity contribution in [1.82, 2.24) is 15.2 Å². The number of nitrogens with zero attached hydrogens (tertiary/aromatic N) is 4. The number of carbonyl (C=O) groups excluding carboxylic acids is 1. The Morgan fingerprint density at radius 1 is 1.15 bits per heavy atom. The van der Waals surface area contributed by atoms with Gasteiger partial charge in [0, 0.05) is 48.6 Å². The van der Waals surface area contributed by atoms with E-state index in [-0.39, 0.29) is 17.9 Å². The van der Waals surface area contributed by atoms with Crippen molar-refractivity contribution in [2.45, 2.75) is 37.3 Å². The number of guanidine groups is 1. The summed E-state index contributed by atoms with van der Waals surface area (Å²) in [7, 11) is 1.87. The van der Waals surface area contributed by atoms with E-state index >= 15 is 0 Å². The Morgan fingerprint density at radius 2 is 1.88 bits per heavy atom. The van der Waals surface area contributed by atoms with Crippen LogP contribution >= 0.6 is 11.6 Å². The van der Waals surface area contributed by atoms with E-state index in [1.165, 1.54) is 0 Å². The Kier molecular flexibility index (Phi) is 8.54. The molecule has 0 atom stereocenters. The average molecular weight is 562 g/mol. The molecule has 2 aliphatic rings. The fourth-order valence-corrected chi connectivity index (χ4v) is 5.65. The third-order valence-electron chi connectivity index (χ3n) is 7.87. The highest BCUT2D eigenvalue weighted by molar-refractivity contribution is 6.30. The van der Waals surface area contributed by atoms with Gasteiger partial charge in [-0.3, -0.25) is 4.79 Å². The van der Waals surface area contributed by atoms with Crippen molar-refractivity contribution in [3.63, 3.8) is 0 Å². The number of halogens is 1. The van der Waals surface area contributed by atoms with Crippen molar-refractivity contribution in [3.05, 3.63) is 83.0 Å². The Morgan fingerprint density at radius 3 is 2.58 bits per heavy atom. The summed E-state index contributed by atoms with van der Waals surface area (Å²) in [6, 6.07) is 18.8. The summed E-state index contributed by atoms with van der Waals surface area (Å²) >= 11 is 6.16. The van der Waals surface area contributed by atoms with Crippen LogP contribution in [0.5, 0.6) is 0 Å². The third kappa shape index (κ3) is 6.38. The minimum atomic E-state index is -0.927. The number of nitrogens with one attached hydrogen (secondary N) is 2. The summed E-state index contributed by atoms with van der Waals surface area (Å²) in [6.07, 6.45) is 4.71. The standard InChI is InChI=1S/C30H36ClN7O2/c1-37(25-11-16-33-17-12-25)28(39)21-7-9-24(10-8-21)35-29(32)36-27-26(6-3-15-34-27)38-18-13-30(40,14-19-38)22-4-2-5-23(31)20-22/h2-10,15,20,25,33,40H,11-14,16-19H2,1H3,(H3,32,34,35,36). The number of pyridine rings is 1. The number of aliphatic hydroxyl groups is 1. The van der Waals surface area contributed by atoms with Gasteiger partial charge >= 0.3 is 0 Å². The molecular formula is C30H36ClN7O2. The van der Waals surface area contributed by atoms with Gasteiger partial charge in [0.25, 0.3) is 5.91 Å². The van der Waals surface area contributed by atoms with Crippen molar-refractivity contribution >= 4 is 40.7 Å². The van der Waals surface area contributed by atoms with E-state index in [2.05, 4.69) is 25.5 Å². The van der Waals surface area contributed by atoms with Crippen LogP contribution in [0.2, 0.25) is 5.02 Å². The van der Waals surface area contributed by atoms with Gasteiger partial charge in [-0.2, -0.15) is 4.99 Å². The molecule has 0 spiro atoms. The topological polar surface area (TPSA) is 119 Å². The van der Waals surface area contributed by atoms with Crippen LogP contribution in [0.15, 0.2) is 71.9 Å². The molecule has 1 amide bonds. The highest BCUT2D eigenvalue weighted by Crippen LogP contribution is 2.37. The molecule has 2 aliphatic heterocycles. The highest BCUT2D eigenvalue weighted by atomic mass is 35.5. The molecule has 5 N–H and O–H groups in total. The van der Waals surface area contributed by atoms with Gasteiger partial charge in [0.1, 0.15) is 0 Å². The highest BCUT2D eigenvalue weighted by Gasteiger charge is 2.35. The van der Waals surface area contributed by atoms with Gasteiger partial charge in [0.05, 0.1) is 11.3 Å². The average Bonchev–Trinajstić information content (AvgIpc) is 2.98. The van der Waals surface area contributed by atoms with Crippen LogP contribution < -0.4 is 21.3 Å². The summed E-state index contributed by atoms with van der Waals surface area (Å²) in [5.41, 5.74) is 8.38. The van der Waals surface area contributed by atoms with Crippen LogP contribution in [-0.2, 0) is 5.60 Å². The van der Waals surface area contributed by atoms with Gasteiger partial charge in [-0.25, -0.2) is 4.98 Å². The molecule has 0 saturated carbocycles. The Hall–Kier alpha value is -3.66. The number of anilines is 2. The van der Waals surface area contributed by atoms with Gasteiger partial charge in [-0.1, -0.05) is 23.7 Å². The summed E-state index contributed by atoms with van der Waals surface area (Å²) in [4.78, 5) is 26.0. The van der Waals surface area contributed by atoms with Crippen molar-refractivity contribution in [2.24, 2.45) is 10.7 Å². The first-order chi connectivity index (χ1) is 19.3. The summed E-state index contributed by atoms with van der Waals surface area (Å²) < 4.78 is 0. The van der Waals surface area contributed by atoms with Gasteiger partial charge in [-0.05, 0) is 92.9 Å². The molecule has 3 heterocycles. The van der Waals surface area contributed by atoms with E-state index in [1.54, 1.807) is 18.3 Å². The maximum Gasteiger partial charge on any atom is 0.253 e. The number of rotatable bonds is 6. The lowest BCUT2D eigenvalue weighted by Crippen LogP contribution is -2.43. The van der Waals surface area contributed by atoms with Crippen LogP contribution in [0.4, 0.5) is 17.2 Å². The largest absolute Gasteiger partial charge is 0.385 e. The van der Waals surface area contributed by atoms with E-state index in [9.17, 15) is 9.90 Å². The summed E-state index contributed by atoms with van der Waals surface area (Å²) in [5, 5.41) is 18.3. The Balaban J connectivity index is 1.23. The zero-order valence-corrected chi connectivity index (χ0v) is 23.4. The monoisotopic (exact) mass is 561 g/mol. The zero-order chi connectivity index (χ0) is 28.1. The SMILES string of the molecule is CN(C(=O)c1ccc(NC(N)=Nc2ncccc2N2CCC(O)(c3cccc(Cl)c3)CC2)cc1)C1CCNCC1. The predicted molar refractivity (Wildman–Crippen MR) is 160 cm³/mol. The normalized spacial score (nSPS) is 17.9. The van der Waals surface area contributed by atoms with Gasteiger partial charge < -0.3 is 31.3 Å². The Bertz CT molecular complexity index is 1350. The molecule has 1 aromatic heterocycles. The smallest absolute Gasteiger partial charge is 0.253 e. The van der Waals surface area contributed by atoms with E-state index in [1.807, 2.05) is 60.5 Å². The molecule has 210 valence electrons. The number of nitrogens with two attached hydrogens (primary N) is 1. The molecule has 40 heavy (non-hydrogen) atoms. The molecule has 0 bridgehead atoms. The number of benzene rings is 2. The van der Waals surface area contributed by atoms with Crippen molar-refractivity contribution in [3.8, 4) is 0 Å². The van der Waals surface area contributed by atoms with E-state index < -0.39 is 5.60 Å². The fourth-order valence-electron chi connectivity index (χ4n) is 5.46. The molecule has 9 nitrogen and oxygen atoms in total. The van der Waals surface area contributed by atoms with Crippen LogP contribution in [0.1, 0.15) is 41.6 Å². The second kappa shape index (κ2) is 12.2. The van der Waals surface area contributed by atoms with E-state index in [0.717, 1.165) is 42.9 Å². The summed E-state index contributed by atoms with van der Waals surface area (Å²) in [6.45, 7) is 3.13. The second-order valence-electron chi connectivity index (χ2n) is 10.5. The molecule has 2 saturated heterocycles. The minimum Gasteiger partial charge on any atom is -0.385 e. The number of carbonyl (C=O) groups is 1. The lowest BCUT2D eigenvalue weighted by molar-refractivity contribution is 0.0118. The lowest BCUT2D eigenvalue weighted by atomic mass is 9.84. The Labute approximate surface area is 240 Å². The second-order valence-corrected chi connectivity index (χ2v) is 10.9. The van der Waals surface area contributed by atoms with Crippen LogP contribution in [0, 0.1) is 0 Å². The number of piperidine rings is 2. The first-order valence-electron chi connectivity index (χ1n) is 13.7. The number of hydrogen-bond donors (Lipinski definition) is 4. The third-order valence-corrected chi connectivity index (χ3v) is 8.10. The summed E-state index contributed by atoms with van der Waals surface area (Å²) in [5.74, 6) is 0.705. The first-order valence-corrected chi connectivity index (χ1v) is 14.1. The maximum absolute atomic E-state index is 12.9. The number of amides is 1. The van der Waals surface area contributed by atoms with Gasteiger partial charge in [-0.15, -0.1) is 0 Å². The van der Waals surface area contributed by atoms with Crippen LogP contribution in [0.3, 0.4) is 0 Å². The van der Waals surface area contributed by atoms with Crippen LogP contribution in [-0.4, -0.2) is 66.1 Å². The minimum absolute atomic E-state index is 0.0157. The molecule has 0 unspecified atom stereocenters. The van der Waals surface area contributed by atoms with E-state index in [4.69, 9.17) is 17.3 Å². The molecular weight excluding hydrogens is 526 g/mol. The van der Waals surface area contributed by atoms with Crippen molar-refractivity contribution in [1.29, 1.82) is 0 Å². The first kappa shape index (κ1) is 27.9. The molecule has 3 aromatic rings.